The first-order chi connectivity index (χ1) is 19.4. The minimum Gasteiger partial charge on any atom is -0.466 e. The van der Waals surface area contributed by atoms with E-state index in [4.69, 9.17) is 24.2 Å². The molecule has 1 aliphatic heterocycles. The molecule has 0 atom stereocenters. The third-order valence-corrected chi connectivity index (χ3v) is 7.04. The van der Waals surface area contributed by atoms with Crippen molar-refractivity contribution in [1.82, 2.24) is 24.6 Å². The van der Waals surface area contributed by atoms with E-state index < -0.39 is 5.60 Å². The summed E-state index contributed by atoms with van der Waals surface area (Å²) >= 11 is 0. The highest BCUT2D eigenvalue weighted by Gasteiger charge is 2.27. The number of fused-ring (bicyclic) bond motifs is 2. The molecule has 1 aliphatic rings. The number of carbonyl (C=O) groups is 1. The van der Waals surface area contributed by atoms with Gasteiger partial charge >= 0.3 is 6.09 Å². The van der Waals surface area contributed by atoms with E-state index in [0.717, 1.165) is 44.4 Å². The van der Waals surface area contributed by atoms with Gasteiger partial charge in [0.15, 0.2) is 12.6 Å². The lowest BCUT2D eigenvalue weighted by molar-refractivity contribution is 0.0240. The fourth-order valence-electron chi connectivity index (χ4n) is 5.14. The van der Waals surface area contributed by atoms with E-state index in [2.05, 4.69) is 22.1 Å². The summed E-state index contributed by atoms with van der Waals surface area (Å²) in [5, 5.41) is 6.54. The monoisotopic (exact) mass is 561 g/mol. The van der Waals surface area contributed by atoms with Gasteiger partial charge in [-0.15, -0.1) is 0 Å². The maximum atomic E-state index is 12.5. The van der Waals surface area contributed by atoms with Gasteiger partial charge in [0.1, 0.15) is 17.2 Å². The van der Waals surface area contributed by atoms with Crippen molar-refractivity contribution in [2.45, 2.75) is 33.3 Å². The van der Waals surface area contributed by atoms with Gasteiger partial charge in [-0.25, -0.2) is 14.8 Å². The van der Waals surface area contributed by atoms with E-state index >= 15 is 0 Å². The predicted octanol–water partition coefficient (Wildman–Crippen LogP) is 4.60. The van der Waals surface area contributed by atoms with Crippen LogP contribution < -0.4 is 14.5 Å². The Balaban J connectivity index is 1.50. The lowest BCUT2D eigenvalue weighted by atomic mass is 10.0. The second-order valence-electron chi connectivity index (χ2n) is 11.6. The lowest BCUT2D eigenvalue weighted by Gasteiger charge is -2.36. The summed E-state index contributed by atoms with van der Waals surface area (Å²) in [6.07, 6.45) is 1.72. The molecule has 0 N–H and O–H groups in total. The number of ether oxygens (including phenoxy) is 3. The number of rotatable bonds is 6. The van der Waals surface area contributed by atoms with Crippen molar-refractivity contribution in [2.75, 3.05) is 64.0 Å². The maximum absolute atomic E-state index is 12.5. The van der Waals surface area contributed by atoms with Crippen LogP contribution in [0.4, 0.5) is 16.3 Å². The highest BCUT2D eigenvalue weighted by atomic mass is 16.7. The van der Waals surface area contributed by atoms with Crippen molar-refractivity contribution in [3.8, 4) is 17.1 Å². The number of nitrogens with zero attached hydrogens (tertiary/aromatic N) is 7. The van der Waals surface area contributed by atoms with Crippen molar-refractivity contribution < 1.29 is 19.0 Å². The minimum atomic E-state index is -0.507. The van der Waals surface area contributed by atoms with Crippen LogP contribution in [0, 0.1) is 6.92 Å². The fraction of sp³-hybridized carbons (Fsp3) is 0.467. The molecule has 2 aromatic heterocycles. The van der Waals surface area contributed by atoms with E-state index in [-0.39, 0.29) is 12.9 Å². The highest BCUT2D eigenvalue weighted by Crippen LogP contribution is 2.38. The van der Waals surface area contributed by atoms with Gasteiger partial charge < -0.3 is 28.9 Å². The number of hydrogen-bond acceptors (Lipinski definition) is 9. The molecule has 218 valence electrons. The normalized spacial score (nSPS) is 14.1. The van der Waals surface area contributed by atoms with E-state index in [0.29, 0.717) is 37.8 Å². The molecule has 0 bridgehead atoms. The number of piperazine rings is 1. The number of carbonyl (C=O) groups excluding carboxylic acids is 1. The largest absolute Gasteiger partial charge is 0.466 e. The molecule has 0 aliphatic carbocycles. The van der Waals surface area contributed by atoms with Crippen LogP contribution in [0.3, 0.4) is 0 Å². The number of methoxy groups -OCH3 is 1. The lowest BCUT2D eigenvalue weighted by Crippen LogP contribution is -2.50. The second-order valence-corrected chi connectivity index (χ2v) is 11.6. The zero-order valence-electron chi connectivity index (χ0n) is 25.2. The Morgan fingerprint density at radius 1 is 1.07 bits per heavy atom. The standard InChI is InChI=1S/C30H39N7O4/c1-19-25-20(17-35(7)33-25)15-23(26(19)40-18-39-8)27-31-24-10-9-21(16-22(24)28(32-27)34(5)6)36-11-13-37(14-12-36)29(38)41-30(2,3)4/h9-10,15-17H,11-14,18H2,1-8H3. The van der Waals surface area contributed by atoms with Gasteiger partial charge in [-0.2, -0.15) is 5.10 Å². The zero-order valence-corrected chi connectivity index (χ0v) is 25.2. The molecule has 41 heavy (non-hydrogen) atoms. The first kappa shape index (κ1) is 28.4. The number of aromatic nitrogens is 4. The molecular formula is C30H39N7O4. The molecule has 3 heterocycles. The molecule has 1 amide bonds. The van der Waals surface area contributed by atoms with Gasteiger partial charge in [0.05, 0.1) is 16.6 Å². The average Bonchev–Trinajstić information content (AvgIpc) is 3.31. The maximum Gasteiger partial charge on any atom is 0.410 e. The molecule has 0 unspecified atom stereocenters. The van der Waals surface area contributed by atoms with Gasteiger partial charge in [-0.05, 0) is 52.0 Å². The quantitative estimate of drug-likeness (QED) is 0.313. The fourth-order valence-corrected chi connectivity index (χ4v) is 5.14. The van der Waals surface area contributed by atoms with E-state index in [1.807, 2.05) is 72.1 Å². The van der Waals surface area contributed by atoms with Crippen LogP contribution in [0.1, 0.15) is 26.3 Å². The average molecular weight is 562 g/mol. The van der Waals surface area contributed by atoms with Crippen LogP contribution >= 0.6 is 0 Å². The van der Waals surface area contributed by atoms with Gasteiger partial charge in [0, 0.05) is 82.7 Å². The third-order valence-electron chi connectivity index (χ3n) is 7.04. The molecule has 2 aromatic carbocycles. The van der Waals surface area contributed by atoms with Crippen molar-refractivity contribution in [2.24, 2.45) is 7.05 Å². The highest BCUT2D eigenvalue weighted by molar-refractivity contribution is 5.95. The molecule has 0 spiro atoms. The first-order valence-corrected chi connectivity index (χ1v) is 13.8. The topological polar surface area (TPSA) is 98.1 Å². The Kier molecular flexibility index (Phi) is 7.65. The van der Waals surface area contributed by atoms with Crippen molar-refractivity contribution in [1.29, 1.82) is 0 Å². The summed E-state index contributed by atoms with van der Waals surface area (Å²) in [5.74, 6) is 2.03. The number of amides is 1. The summed E-state index contributed by atoms with van der Waals surface area (Å²) in [4.78, 5) is 28.6. The molecule has 1 saturated heterocycles. The number of aryl methyl sites for hydroxylation is 2. The summed E-state index contributed by atoms with van der Waals surface area (Å²) < 4.78 is 18.6. The Hall–Kier alpha value is -4.12. The molecule has 1 fully saturated rings. The summed E-state index contributed by atoms with van der Waals surface area (Å²) in [6.45, 7) is 10.4. The van der Waals surface area contributed by atoms with Crippen LogP contribution in [0.5, 0.6) is 5.75 Å². The summed E-state index contributed by atoms with van der Waals surface area (Å²) in [5.41, 5.74) is 3.95. The van der Waals surface area contributed by atoms with E-state index in [1.165, 1.54) is 0 Å². The second kappa shape index (κ2) is 11.0. The van der Waals surface area contributed by atoms with Gasteiger partial charge in [0.2, 0.25) is 0 Å². The number of anilines is 2. The van der Waals surface area contributed by atoms with Gasteiger partial charge in [-0.1, -0.05) is 0 Å². The van der Waals surface area contributed by atoms with Gasteiger partial charge in [-0.3, -0.25) is 4.68 Å². The molecule has 0 radical (unpaired) electrons. The Labute approximate surface area is 240 Å². The predicted molar refractivity (Wildman–Crippen MR) is 161 cm³/mol. The van der Waals surface area contributed by atoms with Crippen molar-refractivity contribution in [3.63, 3.8) is 0 Å². The Morgan fingerprint density at radius 3 is 2.46 bits per heavy atom. The summed E-state index contributed by atoms with van der Waals surface area (Å²) in [7, 11) is 7.46. The zero-order chi connectivity index (χ0) is 29.5. The van der Waals surface area contributed by atoms with Crippen LogP contribution in [-0.4, -0.2) is 90.5 Å². The van der Waals surface area contributed by atoms with Crippen molar-refractivity contribution in [3.05, 3.63) is 36.0 Å². The van der Waals surface area contributed by atoms with Crippen LogP contribution in [0.25, 0.3) is 33.2 Å². The number of hydrogen-bond donors (Lipinski definition) is 0. The number of benzene rings is 2. The molecule has 4 aromatic rings. The molecular weight excluding hydrogens is 522 g/mol. The van der Waals surface area contributed by atoms with Crippen LogP contribution in [0.15, 0.2) is 30.5 Å². The van der Waals surface area contributed by atoms with Crippen molar-refractivity contribution >= 4 is 39.4 Å². The van der Waals surface area contributed by atoms with Crippen LogP contribution in [-0.2, 0) is 16.5 Å². The SMILES string of the molecule is COCOc1c(-c2nc(N(C)C)c3cc(N4CCN(C(=O)OC(C)(C)C)CC4)ccc3n2)cc2cn(C)nc2c1C. The Bertz CT molecular complexity index is 1580. The summed E-state index contributed by atoms with van der Waals surface area (Å²) in [6, 6.07) is 8.28. The van der Waals surface area contributed by atoms with E-state index in [1.54, 1.807) is 16.7 Å². The van der Waals surface area contributed by atoms with E-state index in [9.17, 15) is 4.79 Å². The van der Waals surface area contributed by atoms with Gasteiger partial charge in [0.25, 0.3) is 0 Å². The molecule has 5 rings (SSSR count). The first-order valence-electron chi connectivity index (χ1n) is 13.8. The Morgan fingerprint density at radius 2 is 1.80 bits per heavy atom. The smallest absolute Gasteiger partial charge is 0.410 e. The van der Waals surface area contributed by atoms with Crippen LogP contribution in [0.2, 0.25) is 0 Å². The minimum absolute atomic E-state index is 0.102. The molecule has 0 saturated carbocycles. The molecule has 11 heteroatoms. The third kappa shape index (κ3) is 5.85. The molecule has 11 nitrogen and oxygen atoms in total.